The zero-order valence-electron chi connectivity index (χ0n) is 19.4. The Labute approximate surface area is 204 Å². The maximum absolute atomic E-state index is 13.0. The van der Waals surface area contributed by atoms with Crippen LogP contribution in [0.15, 0.2) is 67.0 Å². The van der Waals surface area contributed by atoms with Crippen LogP contribution in [0.2, 0.25) is 0 Å². The second kappa shape index (κ2) is 8.14. The van der Waals surface area contributed by atoms with Crippen LogP contribution in [0.5, 0.6) is 0 Å². The number of nitrogens with zero attached hydrogens (tertiary/aromatic N) is 6. The molecule has 2 aromatic carbocycles. The first kappa shape index (κ1) is 21.2. The summed E-state index contributed by atoms with van der Waals surface area (Å²) in [5, 5.41) is 12.7. The van der Waals surface area contributed by atoms with Crippen molar-refractivity contribution in [2.45, 2.75) is 13.8 Å². The molecule has 0 unspecified atom stereocenters. The van der Waals surface area contributed by atoms with Crippen LogP contribution in [-0.4, -0.2) is 35.3 Å². The molecule has 0 aliphatic carbocycles. The van der Waals surface area contributed by atoms with Crippen LogP contribution in [-0.2, 0) is 7.05 Å². The van der Waals surface area contributed by atoms with E-state index in [-0.39, 0.29) is 11.6 Å². The van der Waals surface area contributed by atoms with Crippen molar-refractivity contribution in [1.29, 1.82) is 0 Å². The van der Waals surface area contributed by atoms with Gasteiger partial charge in [-0.05, 0) is 61.9 Å². The van der Waals surface area contributed by atoms with Gasteiger partial charge in [0.1, 0.15) is 5.01 Å². The van der Waals surface area contributed by atoms with Crippen molar-refractivity contribution < 1.29 is 4.79 Å². The minimum absolute atomic E-state index is 0.289. The van der Waals surface area contributed by atoms with Crippen LogP contribution in [0, 0.1) is 13.8 Å². The van der Waals surface area contributed by atoms with Crippen molar-refractivity contribution in [3.8, 4) is 21.8 Å². The number of benzene rings is 2. The van der Waals surface area contributed by atoms with E-state index in [1.807, 2.05) is 50.4 Å². The molecule has 0 saturated carbocycles. The number of amides is 1. The van der Waals surface area contributed by atoms with Crippen LogP contribution < -0.4 is 5.32 Å². The minimum atomic E-state index is -0.299. The molecular weight excluding hydrogens is 458 g/mol. The molecule has 1 amide bonds. The SMILES string of the molecule is Cc1ccc2nc(-c3ccc(NC(=O)c4cc5nccc(-c6cnn(C)c6C)n5n4)cc3)sc2c1. The van der Waals surface area contributed by atoms with Crippen molar-refractivity contribution in [2.75, 3.05) is 5.32 Å². The average Bonchev–Trinajstić information content (AvgIpc) is 3.56. The summed E-state index contributed by atoms with van der Waals surface area (Å²) in [7, 11) is 1.89. The highest BCUT2D eigenvalue weighted by Gasteiger charge is 2.17. The fourth-order valence-electron chi connectivity index (χ4n) is 4.01. The number of aryl methyl sites for hydroxylation is 2. The second-order valence-electron chi connectivity index (χ2n) is 8.42. The van der Waals surface area contributed by atoms with E-state index >= 15 is 0 Å². The van der Waals surface area contributed by atoms with Gasteiger partial charge < -0.3 is 5.32 Å². The zero-order valence-corrected chi connectivity index (χ0v) is 20.2. The van der Waals surface area contributed by atoms with Crippen LogP contribution in [0.25, 0.3) is 37.7 Å². The Bertz CT molecular complexity index is 1730. The highest BCUT2D eigenvalue weighted by molar-refractivity contribution is 7.21. The molecule has 172 valence electrons. The largest absolute Gasteiger partial charge is 0.321 e. The monoisotopic (exact) mass is 479 g/mol. The van der Waals surface area contributed by atoms with Crippen LogP contribution >= 0.6 is 11.3 Å². The van der Waals surface area contributed by atoms with E-state index in [1.165, 1.54) is 10.3 Å². The molecule has 4 heterocycles. The number of rotatable bonds is 4. The number of thiazole rings is 1. The number of hydrogen-bond acceptors (Lipinski definition) is 6. The van der Waals surface area contributed by atoms with Gasteiger partial charge in [0.25, 0.3) is 5.91 Å². The number of anilines is 1. The molecule has 0 atom stereocenters. The third-order valence-electron chi connectivity index (χ3n) is 6.04. The average molecular weight is 480 g/mol. The van der Waals surface area contributed by atoms with Crippen LogP contribution in [0.1, 0.15) is 21.7 Å². The molecule has 35 heavy (non-hydrogen) atoms. The van der Waals surface area contributed by atoms with E-state index in [2.05, 4.69) is 39.6 Å². The molecule has 0 bridgehead atoms. The maximum atomic E-state index is 13.0. The first-order chi connectivity index (χ1) is 17.0. The summed E-state index contributed by atoms with van der Waals surface area (Å²) >= 11 is 1.66. The first-order valence-electron chi connectivity index (χ1n) is 11.1. The molecule has 9 heteroatoms. The highest BCUT2D eigenvalue weighted by Crippen LogP contribution is 2.31. The molecule has 0 saturated heterocycles. The van der Waals surface area contributed by atoms with Crippen LogP contribution in [0.3, 0.4) is 0 Å². The molecule has 0 fully saturated rings. The van der Waals surface area contributed by atoms with Gasteiger partial charge in [0, 0.05) is 41.8 Å². The molecule has 8 nitrogen and oxygen atoms in total. The van der Waals surface area contributed by atoms with E-state index < -0.39 is 0 Å². The van der Waals surface area contributed by atoms with Gasteiger partial charge in [-0.2, -0.15) is 10.2 Å². The Morgan fingerprint density at radius 2 is 1.86 bits per heavy atom. The molecule has 4 aromatic heterocycles. The lowest BCUT2D eigenvalue weighted by Crippen LogP contribution is -2.12. The minimum Gasteiger partial charge on any atom is -0.321 e. The van der Waals surface area contributed by atoms with Crippen molar-refractivity contribution in [3.05, 3.63) is 83.9 Å². The fraction of sp³-hybridized carbons (Fsp3) is 0.115. The van der Waals surface area contributed by atoms with Crippen molar-refractivity contribution in [3.63, 3.8) is 0 Å². The molecule has 6 aromatic rings. The lowest BCUT2D eigenvalue weighted by Gasteiger charge is -2.04. The number of carbonyl (C=O) groups excluding carboxylic acids is 1. The lowest BCUT2D eigenvalue weighted by atomic mass is 10.2. The van der Waals surface area contributed by atoms with Gasteiger partial charge in [0.15, 0.2) is 11.3 Å². The second-order valence-corrected chi connectivity index (χ2v) is 9.45. The number of nitrogens with one attached hydrogen (secondary N) is 1. The molecule has 1 N–H and O–H groups in total. The predicted octanol–water partition coefficient (Wildman–Crippen LogP) is 5.28. The smallest absolute Gasteiger partial charge is 0.276 e. The fourth-order valence-corrected chi connectivity index (χ4v) is 5.08. The van der Waals surface area contributed by atoms with Gasteiger partial charge in [-0.25, -0.2) is 14.5 Å². The van der Waals surface area contributed by atoms with E-state index in [0.29, 0.717) is 11.3 Å². The Balaban J connectivity index is 1.25. The van der Waals surface area contributed by atoms with Crippen molar-refractivity contribution >= 4 is 38.8 Å². The van der Waals surface area contributed by atoms with Gasteiger partial charge in [-0.1, -0.05) is 6.07 Å². The number of aromatic nitrogens is 6. The van der Waals surface area contributed by atoms with Crippen molar-refractivity contribution in [1.82, 2.24) is 29.4 Å². The van der Waals surface area contributed by atoms with Crippen molar-refractivity contribution in [2.24, 2.45) is 7.05 Å². The summed E-state index contributed by atoms with van der Waals surface area (Å²) in [6.45, 7) is 4.07. The van der Waals surface area contributed by atoms with E-state index in [9.17, 15) is 4.79 Å². The topological polar surface area (TPSA) is 90.0 Å². The molecular formula is C26H21N7OS. The van der Waals surface area contributed by atoms with E-state index in [4.69, 9.17) is 4.98 Å². The zero-order chi connectivity index (χ0) is 24.1. The summed E-state index contributed by atoms with van der Waals surface area (Å²) in [6, 6.07) is 17.5. The maximum Gasteiger partial charge on any atom is 0.276 e. The third kappa shape index (κ3) is 3.75. The quantitative estimate of drug-likeness (QED) is 0.372. The van der Waals surface area contributed by atoms with Gasteiger partial charge in [-0.15, -0.1) is 11.3 Å². The van der Waals surface area contributed by atoms with Gasteiger partial charge >= 0.3 is 0 Å². The van der Waals surface area contributed by atoms with Gasteiger partial charge in [-0.3, -0.25) is 9.48 Å². The predicted molar refractivity (Wildman–Crippen MR) is 138 cm³/mol. The summed E-state index contributed by atoms with van der Waals surface area (Å²) < 4.78 is 4.65. The summed E-state index contributed by atoms with van der Waals surface area (Å²) in [6.07, 6.45) is 3.50. The molecule has 0 aliphatic heterocycles. The van der Waals surface area contributed by atoms with Crippen LogP contribution in [0.4, 0.5) is 5.69 Å². The number of carbonyl (C=O) groups is 1. The molecule has 0 aliphatic rings. The summed E-state index contributed by atoms with van der Waals surface area (Å²) in [5.74, 6) is -0.299. The highest BCUT2D eigenvalue weighted by atomic mass is 32.1. The molecule has 6 rings (SSSR count). The van der Waals surface area contributed by atoms with E-state index in [0.717, 1.165) is 33.0 Å². The number of hydrogen-bond donors (Lipinski definition) is 1. The first-order valence-corrected chi connectivity index (χ1v) is 11.9. The van der Waals surface area contributed by atoms with Gasteiger partial charge in [0.2, 0.25) is 0 Å². The van der Waals surface area contributed by atoms with Gasteiger partial charge in [0.05, 0.1) is 22.1 Å². The van der Waals surface area contributed by atoms with E-state index in [1.54, 1.807) is 39.0 Å². The summed E-state index contributed by atoms with van der Waals surface area (Å²) in [4.78, 5) is 22.1. The third-order valence-corrected chi connectivity index (χ3v) is 7.10. The molecule has 0 spiro atoms. The standard InChI is InChI=1S/C26H21N7OS/c1-15-4-9-20-23(12-15)35-26(30-20)17-5-7-18(8-6-17)29-25(34)21-13-24-27-11-10-22(33(24)31-21)19-14-28-32(3)16(19)2/h4-14H,1-3H3,(H,29,34). The lowest BCUT2D eigenvalue weighted by molar-refractivity contribution is 0.102. The Kier molecular flexibility index (Phi) is 4.93. The normalized spacial score (nSPS) is 11.4. The Hall–Kier alpha value is -4.37. The Morgan fingerprint density at radius 3 is 2.63 bits per heavy atom. The summed E-state index contributed by atoms with van der Waals surface area (Å²) in [5.41, 5.74) is 7.56. The number of fused-ring (bicyclic) bond motifs is 2. The Morgan fingerprint density at radius 1 is 1.03 bits per heavy atom. The molecule has 0 radical (unpaired) electrons.